The lowest BCUT2D eigenvalue weighted by atomic mass is 10.2. The molecule has 0 radical (unpaired) electrons. The minimum atomic E-state index is -0.747. The second kappa shape index (κ2) is 5.00. The quantitative estimate of drug-likeness (QED) is 0.803. The predicted molar refractivity (Wildman–Crippen MR) is 60.2 cm³/mol. The first-order valence-electron chi connectivity index (χ1n) is 5.51. The molecule has 94 valence electrons. The summed E-state index contributed by atoms with van der Waals surface area (Å²) in [7, 11) is 1.42. The van der Waals surface area contributed by atoms with Gasteiger partial charge in [-0.05, 0) is 6.07 Å². The molecule has 2 atom stereocenters. The molecule has 0 saturated carbocycles. The number of nitrogens with zero attached hydrogens (tertiary/aromatic N) is 1. The highest BCUT2D eigenvalue weighted by Crippen LogP contribution is 2.22. The van der Waals surface area contributed by atoms with Crippen molar-refractivity contribution in [2.24, 2.45) is 0 Å². The summed E-state index contributed by atoms with van der Waals surface area (Å²) in [5, 5.41) is 18.8. The van der Waals surface area contributed by atoms with Gasteiger partial charge in [-0.15, -0.1) is 0 Å². The first-order valence-corrected chi connectivity index (χ1v) is 5.51. The van der Waals surface area contributed by atoms with E-state index < -0.39 is 12.2 Å². The van der Waals surface area contributed by atoms with E-state index in [-0.39, 0.29) is 11.6 Å². The largest absolute Gasteiger partial charge is 0.494 e. The zero-order chi connectivity index (χ0) is 12.4. The van der Waals surface area contributed by atoms with Crippen LogP contribution in [0.15, 0.2) is 18.2 Å². The lowest BCUT2D eigenvalue weighted by Gasteiger charge is -2.16. The fourth-order valence-electron chi connectivity index (χ4n) is 2.05. The molecule has 0 aromatic heterocycles. The molecule has 1 aromatic rings. The van der Waals surface area contributed by atoms with E-state index in [0.717, 1.165) is 0 Å². The van der Waals surface area contributed by atoms with Crippen LogP contribution in [0.25, 0.3) is 0 Å². The number of aliphatic hydroxyl groups excluding tert-OH is 2. The highest BCUT2D eigenvalue weighted by Gasteiger charge is 2.29. The van der Waals surface area contributed by atoms with Crippen LogP contribution in [0, 0.1) is 5.82 Å². The molecule has 0 bridgehead atoms. The van der Waals surface area contributed by atoms with E-state index in [9.17, 15) is 14.6 Å². The maximum absolute atomic E-state index is 13.8. The Labute approximate surface area is 99.2 Å². The fourth-order valence-corrected chi connectivity index (χ4v) is 2.05. The maximum atomic E-state index is 13.8. The van der Waals surface area contributed by atoms with Crippen LogP contribution in [-0.2, 0) is 6.54 Å². The Morgan fingerprint density at radius 1 is 1.35 bits per heavy atom. The molecule has 0 aliphatic carbocycles. The van der Waals surface area contributed by atoms with Crippen molar-refractivity contribution >= 4 is 0 Å². The number of hydrogen-bond donors (Lipinski definition) is 2. The Morgan fingerprint density at radius 3 is 2.59 bits per heavy atom. The van der Waals surface area contributed by atoms with Gasteiger partial charge in [-0.2, -0.15) is 0 Å². The van der Waals surface area contributed by atoms with E-state index in [0.29, 0.717) is 25.2 Å². The average molecular weight is 241 g/mol. The summed E-state index contributed by atoms with van der Waals surface area (Å²) >= 11 is 0. The highest BCUT2D eigenvalue weighted by molar-refractivity contribution is 5.31. The Morgan fingerprint density at radius 2 is 2.00 bits per heavy atom. The smallest absolute Gasteiger partial charge is 0.169 e. The first-order chi connectivity index (χ1) is 8.11. The molecule has 2 N–H and O–H groups in total. The second-order valence-electron chi connectivity index (χ2n) is 4.26. The number of rotatable bonds is 3. The number of halogens is 1. The van der Waals surface area contributed by atoms with Crippen molar-refractivity contribution in [3.05, 3.63) is 29.6 Å². The van der Waals surface area contributed by atoms with E-state index in [1.54, 1.807) is 18.2 Å². The predicted octanol–water partition coefficient (Wildman–Crippen LogP) is 0.372. The van der Waals surface area contributed by atoms with Gasteiger partial charge in [0.05, 0.1) is 19.3 Å². The molecule has 5 heteroatoms. The van der Waals surface area contributed by atoms with Crippen molar-refractivity contribution in [1.82, 2.24) is 4.90 Å². The third-order valence-electron chi connectivity index (χ3n) is 2.99. The van der Waals surface area contributed by atoms with Crippen LogP contribution in [0.2, 0.25) is 0 Å². The molecular formula is C12H16FNO3. The SMILES string of the molecule is COc1cccc(CN2CC(O)C(O)C2)c1F. The highest BCUT2D eigenvalue weighted by atomic mass is 19.1. The van der Waals surface area contributed by atoms with E-state index in [1.165, 1.54) is 7.11 Å². The van der Waals surface area contributed by atoms with Gasteiger partial charge in [0.1, 0.15) is 0 Å². The standard InChI is InChI=1S/C12H16FNO3/c1-17-11-4-2-3-8(12(11)13)5-14-6-9(15)10(16)7-14/h2-4,9-10,15-16H,5-7H2,1H3. The molecule has 0 amide bonds. The van der Waals surface area contributed by atoms with Gasteiger partial charge >= 0.3 is 0 Å². The number of aliphatic hydroxyl groups is 2. The van der Waals surface area contributed by atoms with E-state index in [1.807, 2.05) is 4.90 Å². The maximum Gasteiger partial charge on any atom is 0.169 e. The van der Waals surface area contributed by atoms with Gasteiger partial charge in [0, 0.05) is 25.2 Å². The molecule has 17 heavy (non-hydrogen) atoms. The minimum absolute atomic E-state index is 0.211. The van der Waals surface area contributed by atoms with Gasteiger partial charge in [-0.1, -0.05) is 12.1 Å². The minimum Gasteiger partial charge on any atom is -0.494 e. The topological polar surface area (TPSA) is 52.9 Å². The third-order valence-corrected chi connectivity index (χ3v) is 2.99. The van der Waals surface area contributed by atoms with Gasteiger partial charge in [0.25, 0.3) is 0 Å². The van der Waals surface area contributed by atoms with Crippen molar-refractivity contribution in [3.8, 4) is 5.75 Å². The van der Waals surface area contributed by atoms with Gasteiger partial charge in [0.2, 0.25) is 0 Å². The molecule has 1 aromatic carbocycles. The Balaban J connectivity index is 2.09. The fraction of sp³-hybridized carbons (Fsp3) is 0.500. The molecule has 1 saturated heterocycles. The Hall–Kier alpha value is -1.17. The molecule has 2 unspecified atom stereocenters. The monoisotopic (exact) mass is 241 g/mol. The number of benzene rings is 1. The Bertz CT molecular complexity index is 389. The zero-order valence-electron chi connectivity index (χ0n) is 9.64. The van der Waals surface area contributed by atoms with Crippen LogP contribution < -0.4 is 4.74 Å². The third kappa shape index (κ3) is 2.57. The molecule has 1 aliphatic heterocycles. The summed E-state index contributed by atoms with van der Waals surface area (Å²) < 4.78 is 18.7. The molecule has 1 fully saturated rings. The summed E-state index contributed by atoms with van der Waals surface area (Å²) in [6, 6.07) is 4.96. The van der Waals surface area contributed by atoms with Crippen molar-refractivity contribution in [2.45, 2.75) is 18.8 Å². The number of likely N-dealkylation sites (tertiary alicyclic amines) is 1. The molecule has 0 spiro atoms. The van der Waals surface area contributed by atoms with Crippen LogP contribution in [-0.4, -0.2) is 47.5 Å². The number of methoxy groups -OCH3 is 1. The van der Waals surface area contributed by atoms with E-state index in [2.05, 4.69) is 0 Å². The second-order valence-corrected chi connectivity index (χ2v) is 4.26. The lowest BCUT2D eigenvalue weighted by molar-refractivity contribution is 0.0572. The van der Waals surface area contributed by atoms with Crippen LogP contribution in [0.5, 0.6) is 5.75 Å². The normalized spacial score (nSPS) is 25.2. The number of β-amino-alcohol motifs (C(OH)–C–C–N with tert-alkyl or cyclic N) is 2. The van der Waals surface area contributed by atoms with Gasteiger partial charge in [0.15, 0.2) is 11.6 Å². The molecule has 1 heterocycles. The summed E-state index contributed by atoms with van der Waals surface area (Å²) in [6.07, 6.45) is -1.49. The average Bonchev–Trinajstić information content (AvgIpc) is 2.61. The lowest BCUT2D eigenvalue weighted by Crippen LogP contribution is -2.22. The molecule has 1 aliphatic rings. The van der Waals surface area contributed by atoms with Crippen LogP contribution in [0.4, 0.5) is 4.39 Å². The van der Waals surface area contributed by atoms with Crippen molar-refractivity contribution in [2.75, 3.05) is 20.2 Å². The number of hydrogen-bond acceptors (Lipinski definition) is 4. The summed E-state index contributed by atoms with van der Waals surface area (Å²) in [4.78, 5) is 1.81. The van der Waals surface area contributed by atoms with E-state index in [4.69, 9.17) is 4.74 Å². The molecule has 4 nitrogen and oxygen atoms in total. The van der Waals surface area contributed by atoms with Gasteiger partial charge in [-0.25, -0.2) is 4.39 Å². The van der Waals surface area contributed by atoms with Crippen molar-refractivity contribution in [3.63, 3.8) is 0 Å². The molecule has 2 rings (SSSR count). The summed E-state index contributed by atoms with van der Waals surface area (Å²) in [5.74, 6) is -0.173. The van der Waals surface area contributed by atoms with Gasteiger partial charge < -0.3 is 14.9 Å². The number of ether oxygens (including phenoxy) is 1. The van der Waals surface area contributed by atoms with Crippen LogP contribution in [0.3, 0.4) is 0 Å². The summed E-state index contributed by atoms with van der Waals surface area (Å²) in [6.45, 7) is 1.08. The Kier molecular flexibility index (Phi) is 3.61. The first kappa shape index (κ1) is 12.3. The van der Waals surface area contributed by atoms with Crippen LogP contribution >= 0.6 is 0 Å². The molecular weight excluding hydrogens is 225 g/mol. The zero-order valence-corrected chi connectivity index (χ0v) is 9.64. The van der Waals surface area contributed by atoms with Gasteiger partial charge in [-0.3, -0.25) is 4.90 Å². The van der Waals surface area contributed by atoms with E-state index >= 15 is 0 Å². The van der Waals surface area contributed by atoms with Crippen LogP contribution in [0.1, 0.15) is 5.56 Å². The van der Waals surface area contributed by atoms with Crippen molar-refractivity contribution in [1.29, 1.82) is 0 Å². The summed E-state index contributed by atoms with van der Waals surface area (Å²) in [5.41, 5.74) is 0.505. The van der Waals surface area contributed by atoms with Crippen molar-refractivity contribution < 1.29 is 19.3 Å².